The molecule has 118 valence electrons. The second-order valence-electron chi connectivity index (χ2n) is 5.11. The van der Waals surface area contributed by atoms with Gasteiger partial charge in [0.05, 0.1) is 12.1 Å². The first-order chi connectivity index (χ1) is 10.4. The fourth-order valence-corrected chi connectivity index (χ4v) is 2.17. The van der Waals surface area contributed by atoms with Crippen LogP contribution in [-0.2, 0) is 14.4 Å². The van der Waals surface area contributed by atoms with E-state index in [1.54, 1.807) is 31.2 Å². The summed E-state index contributed by atoms with van der Waals surface area (Å²) in [6.07, 6.45) is -0.793. The highest BCUT2D eigenvalue weighted by molar-refractivity contribution is 6.03. The standard InChI is InChI=1S/C15H18N2O5/c1-10-15(21)17(11-5-3-4-6-12(11)22-10)9-13(18)16(2)8-7-14(19)20/h3-6,10H,7-9H2,1-2H3,(H,19,20). The lowest BCUT2D eigenvalue weighted by Crippen LogP contribution is -2.49. The highest BCUT2D eigenvalue weighted by atomic mass is 16.5. The molecule has 7 heteroatoms. The predicted octanol–water partition coefficient (Wildman–Crippen LogP) is 0.734. The smallest absolute Gasteiger partial charge is 0.305 e. The molecule has 0 saturated heterocycles. The summed E-state index contributed by atoms with van der Waals surface area (Å²) in [6, 6.07) is 7.00. The van der Waals surface area contributed by atoms with Crippen molar-refractivity contribution in [3.8, 4) is 5.75 Å². The number of hydrogen-bond donors (Lipinski definition) is 1. The van der Waals surface area contributed by atoms with Gasteiger partial charge < -0.3 is 14.7 Å². The molecule has 1 unspecified atom stereocenters. The number of para-hydroxylation sites is 2. The second kappa shape index (κ2) is 6.46. The molecule has 0 spiro atoms. The number of nitrogens with zero attached hydrogens (tertiary/aromatic N) is 2. The number of amides is 2. The minimum Gasteiger partial charge on any atom is -0.481 e. The highest BCUT2D eigenvalue weighted by Crippen LogP contribution is 2.33. The SMILES string of the molecule is CC1Oc2ccccc2N(CC(=O)N(C)CCC(=O)O)C1=O. The van der Waals surface area contributed by atoms with Crippen molar-refractivity contribution in [1.29, 1.82) is 0 Å². The molecule has 1 aromatic rings. The number of benzene rings is 1. The van der Waals surface area contributed by atoms with Crippen LogP contribution < -0.4 is 9.64 Å². The Hall–Kier alpha value is -2.57. The first-order valence-corrected chi connectivity index (χ1v) is 6.93. The maximum absolute atomic E-state index is 12.2. The van der Waals surface area contributed by atoms with E-state index in [2.05, 4.69) is 0 Å². The molecule has 0 radical (unpaired) electrons. The van der Waals surface area contributed by atoms with Gasteiger partial charge >= 0.3 is 5.97 Å². The van der Waals surface area contributed by atoms with Crippen molar-refractivity contribution in [2.45, 2.75) is 19.4 Å². The highest BCUT2D eigenvalue weighted by Gasteiger charge is 2.32. The number of carbonyl (C=O) groups excluding carboxylic acids is 2. The normalized spacial score (nSPS) is 16.7. The number of aliphatic carboxylic acids is 1. The van der Waals surface area contributed by atoms with E-state index in [-0.39, 0.29) is 31.3 Å². The van der Waals surface area contributed by atoms with Gasteiger partial charge in [-0.25, -0.2) is 0 Å². The van der Waals surface area contributed by atoms with Crippen LogP contribution in [0.15, 0.2) is 24.3 Å². The van der Waals surface area contributed by atoms with Gasteiger partial charge in [0.2, 0.25) is 5.91 Å². The lowest BCUT2D eigenvalue weighted by atomic mass is 10.2. The summed E-state index contributed by atoms with van der Waals surface area (Å²) in [5.74, 6) is -1.03. The Morgan fingerprint density at radius 1 is 1.36 bits per heavy atom. The number of rotatable bonds is 5. The van der Waals surface area contributed by atoms with Crippen molar-refractivity contribution >= 4 is 23.5 Å². The molecule has 0 aromatic heterocycles. The average molecular weight is 306 g/mol. The van der Waals surface area contributed by atoms with Crippen LogP contribution in [0.4, 0.5) is 5.69 Å². The van der Waals surface area contributed by atoms with Crippen molar-refractivity contribution < 1.29 is 24.2 Å². The summed E-state index contributed by atoms with van der Waals surface area (Å²) in [5, 5.41) is 8.65. The zero-order valence-electron chi connectivity index (χ0n) is 12.5. The lowest BCUT2D eigenvalue weighted by Gasteiger charge is -2.33. The van der Waals surface area contributed by atoms with Gasteiger partial charge in [0.15, 0.2) is 6.10 Å². The number of fused-ring (bicyclic) bond motifs is 1. The Kier molecular flexibility index (Phi) is 4.65. The molecule has 1 aliphatic heterocycles. The monoisotopic (exact) mass is 306 g/mol. The molecule has 7 nitrogen and oxygen atoms in total. The summed E-state index contributed by atoms with van der Waals surface area (Å²) in [7, 11) is 1.52. The van der Waals surface area contributed by atoms with Crippen molar-refractivity contribution in [2.75, 3.05) is 25.0 Å². The number of anilines is 1. The summed E-state index contributed by atoms with van der Waals surface area (Å²) < 4.78 is 5.50. The molecule has 0 bridgehead atoms. The Labute approximate surface area is 128 Å². The second-order valence-corrected chi connectivity index (χ2v) is 5.11. The number of carboxylic acid groups (broad SMARTS) is 1. The van der Waals surface area contributed by atoms with Crippen LogP contribution in [0.2, 0.25) is 0 Å². The number of carboxylic acids is 1. The molecule has 0 aliphatic carbocycles. The molecule has 1 heterocycles. The van der Waals surface area contributed by atoms with Crippen molar-refractivity contribution in [2.24, 2.45) is 0 Å². The molecule has 1 aliphatic rings. The van der Waals surface area contributed by atoms with Crippen LogP contribution in [0.1, 0.15) is 13.3 Å². The number of likely N-dealkylation sites (N-methyl/N-ethyl adjacent to an activating group) is 1. The predicted molar refractivity (Wildman–Crippen MR) is 78.8 cm³/mol. The fourth-order valence-electron chi connectivity index (χ4n) is 2.17. The minimum absolute atomic E-state index is 0.101. The first-order valence-electron chi connectivity index (χ1n) is 6.93. The zero-order chi connectivity index (χ0) is 16.3. The van der Waals surface area contributed by atoms with Gasteiger partial charge in [-0.2, -0.15) is 0 Å². The molecule has 1 atom stereocenters. The summed E-state index contributed by atoms with van der Waals surface area (Å²) in [4.78, 5) is 37.7. The van der Waals surface area contributed by atoms with Crippen molar-refractivity contribution in [1.82, 2.24) is 4.90 Å². The molecular formula is C15H18N2O5. The van der Waals surface area contributed by atoms with Gasteiger partial charge in [0.25, 0.3) is 5.91 Å². The third kappa shape index (κ3) is 3.36. The number of ether oxygens (including phenoxy) is 1. The number of carbonyl (C=O) groups is 3. The third-order valence-electron chi connectivity index (χ3n) is 3.45. The summed E-state index contributed by atoms with van der Waals surface area (Å²) in [5.41, 5.74) is 0.547. The van der Waals surface area contributed by atoms with E-state index in [0.29, 0.717) is 11.4 Å². The van der Waals surface area contributed by atoms with Gasteiger partial charge in [-0.1, -0.05) is 12.1 Å². The molecule has 2 rings (SSSR count). The lowest BCUT2D eigenvalue weighted by molar-refractivity contribution is -0.138. The van der Waals surface area contributed by atoms with E-state index in [4.69, 9.17) is 9.84 Å². The first kappa shape index (κ1) is 15.8. The summed E-state index contributed by atoms with van der Waals surface area (Å²) >= 11 is 0. The molecule has 22 heavy (non-hydrogen) atoms. The van der Waals surface area contributed by atoms with E-state index in [1.165, 1.54) is 16.8 Å². The Morgan fingerprint density at radius 2 is 2.05 bits per heavy atom. The quantitative estimate of drug-likeness (QED) is 0.866. The Morgan fingerprint density at radius 3 is 2.73 bits per heavy atom. The van der Waals surface area contributed by atoms with Crippen LogP contribution in [0, 0.1) is 0 Å². The Balaban J connectivity index is 2.12. The zero-order valence-corrected chi connectivity index (χ0v) is 12.5. The molecule has 0 saturated carbocycles. The largest absolute Gasteiger partial charge is 0.481 e. The van der Waals surface area contributed by atoms with E-state index in [1.807, 2.05) is 0 Å². The van der Waals surface area contributed by atoms with Gasteiger partial charge in [-0.3, -0.25) is 19.3 Å². The maximum Gasteiger partial charge on any atom is 0.305 e. The van der Waals surface area contributed by atoms with Crippen LogP contribution in [-0.4, -0.2) is 54.0 Å². The molecule has 1 N–H and O–H groups in total. The van der Waals surface area contributed by atoms with Crippen LogP contribution in [0.5, 0.6) is 5.75 Å². The van der Waals surface area contributed by atoms with Crippen molar-refractivity contribution in [3.63, 3.8) is 0 Å². The Bertz CT molecular complexity index is 601. The van der Waals surface area contributed by atoms with E-state index >= 15 is 0 Å². The average Bonchev–Trinajstić information content (AvgIpc) is 2.49. The van der Waals surface area contributed by atoms with Crippen LogP contribution >= 0.6 is 0 Å². The van der Waals surface area contributed by atoms with Gasteiger partial charge in [-0.15, -0.1) is 0 Å². The third-order valence-corrected chi connectivity index (χ3v) is 3.45. The van der Waals surface area contributed by atoms with E-state index in [0.717, 1.165) is 0 Å². The van der Waals surface area contributed by atoms with Gasteiger partial charge in [-0.05, 0) is 19.1 Å². The van der Waals surface area contributed by atoms with E-state index < -0.39 is 12.1 Å². The molecule has 1 aromatic carbocycles. The topological polar surface area (TPSA) is 87.2 Å². The van der Waals surface area contributed by atoms with Crippen LogP contribution in [0.3, 0.4) is 0 Å². The van der Waals surface area contributed by atoms with Crippen LogP contribution in [0.25, 0.3) is 0 Å². The maximum atomic E-state index is 12.2. The molecule has 2 amide bonds. The number of hydrogen-bond acceptors (Lipinski definition) is 4. The van der Waals surface area contributed by atoms with Gasteiger partial charge in [0.1, 0.15) is 12.3 Å². The van der Waals surface area contributed by atoms with Crippen molar-refractivity contribution in [3.05, 3.63) is 24.3 Å². The van der Waals surface area contributed by atoms with E-state index in [9.17, 15) is 14.4 Å². The molecule has 0 fully saturated rings. The summed E-state index contributed by atoms with van der Waals surface area (Å²) in [6.45, 7) is 1.59. The fraction of sp³-hybridized carbons (Fsp3) is 0.400. The molecular weight excluding hydrogens is 288 g/mol. The minimum atomic E-state index is -0.971. The van der Waals surface area contributed by atoms with Gasteiger partial charge in [0, 0.05) is 13.6 Å².